The quantitative estimate of drug-likeness (QED) is 0.887. The molecule has 19 heavy (non-hydrogen) atoms. The largest absolute Gasteiger partial charge is 0.371 e. The van der Waals surface area contributed by atoms with Gasteiger partial charge in [-0.05, 0) is 43.2 Å². The molecule has 1 saturated carbocycles. The van der Waals surface area contributed by atoms with Gasteiger partial charge in [0.1, 0.15) is 0 Å². The molecule has 2 N–H and O–H groups in total. The van der Waals surface area contributed by atoms with Crippen LogP contribution in [-0.4, -0.2) is 13.1 Å². The third kappa shape index (κ3) is 2.48. The first-order valence-electron chi connectivity index (χ1n) is 7.47. The normalized spacial score (nSPS) is 22.1. The van der Waals surface area contributed by atoms with Crippen LogP contribution >= 0.6 is 11.6 Å². The average Bonchev–Trinajstić information content (AvgIpc) is 2.88. The van der Waals surface area contributed by atoms with Crippen molar-refractivity contribution in [1.29, 1.82) is 0 Å². The fourth-order valence-electron chi connectivity index (χ4n) is 3.89. The summed E-state index contributed by atoms with van der Waals surface area (Å²) in [5.41, 5.74) is 8.88. The molecule has 104 valence electrons. The van der Waals surface area contributed by atoms with Gasteiger partial charge in [0.15, 0.2) is 0 Å². The van der Waals surface area contributed by atoms with Gasteiger partial charge in [-0.2, -0.15) is 0 Å². The number of nitrogens with zero attached hydrogens (tertiary/aromatic N) is 1. The Morgan fingerprint density at radius 3 is 2.42 bits per heavy atom. The van der Waals surface area contributed by atoms with Gasteiger partial charge in [0.2, 0.25) is 0 Å². The van der Waals surface area contributed by atoms with Gasteiger partial charge < -0.3 is 10.6 Å². The van der Waals surface area contributed by atoms with Gasteiger partial charge in [-0.3, -0.25) is 0 Å². The van der Waals surface area contributed by atoms with E-state index in [-0.39, 0.29) is 0 Å². The highest BCUT2D eigenvalue weighted by Gasteiger charge is 2.37. The van der Waals surface area contributed by atoms with E-state index in [1.807, 2.05) is 12.1 Å². The summed E-state index contributed by atoms with van der Waals surface area (Å²) in [7, 11) is 0. The molecule has 1 aliphatic heterocycles. The molecule has 1 spiro atoms. The van der Waals surface area contributed by atoms with Crippen molar-refractivity contribution in [3.8, 4) is 0 Å². The van der Waals surface area contributed by atoms with Crippen LogP contribution in [0.5, 0.6) is 0 Å². The van der Waals surface area contributed by atoms with Crippen molar-refractivity contribution >= 4 is 17.3 Å². The highest BCUT2D eigenvalue weighted by molar-refractivity contribution is 6.31. The minimum absolute atomic E-state index is 0.524. The van der Waals surface area contributed by atoms with Crippen molar-refractivity contribution in [2.45, 2.75) is 45.1 Å². The van der Waals surface area contributed by atoms with Gasteiger partial charge in [-0.15, -0.1) is 0 Å². The number of nitrogens with two attached hydrogens (primary N) is 1. The molecule has 0 bridgehead atoms. The molecule has 1 aliphatic carbocycles. The molecule has 3 heteroatoms. The molecule has 1 aromatic rings. The summed E-state index contributed by atoms with van der Waals surface area (Å²) >= 11 is 6.26. The average molecular weight is 279 g/mol. The van der Waals surface area contributed by atoms with E-state index in [0.717, 1.165) is 23.7 Å². The Morgan fingerprint density at radius 2 is 1.79 bits per heavy atom. The minimum Gasteiger partial charge on any atom is -0.371 e. The van der Waals surface area contributed by atoms with E-state index in [1.54, 1.807) is 0 Å². The molecule has 0 aromatic heterocycles. The summed E-state index contributed by atoms with van der Waals surface area (Å²) in [6.07, 6.45) is 8.43. The van der Waals surface area contributed by atoms with Gasteiger partial charge in [-0.1, -0.05) is 30.5 Å². The molecule has 1 aromatic carbocycles. The van der Waals surface area contributed by atoms with Crippen molar-refractivity contribution in [3.63, 3.8) is 0 Å². The molecular weight excluding hydrogens is 256 g/mol. The van der Waals surface area contributed by atoms with E-state index < -0.39 is 0 Å². The SMILES string of the molecule is NCc1c(Cl)cccc1N1CCC2(CCCC2)CC1. The van der Waals surface area contributed by atoms with Crippen LogP contribution in [-0.2, 0) is 6.54 Å². The van der Waals surface area contributed by atoms with E-state index in [2.05, 4.69) is 11.0 Å². The molecule has 1 saturated heterocycles. The predicted octanol–water partition coefficient (Wildman–Crippen LogP) is 3.96. The number of benzene rings is 1. The first kappa shape index (κ1) is 13.3. The Morgan fingerprint density at radius 1 is 1.11 bits per heavy atom. The van der Waals surface area contributed by atoms with Gasteiger partial charge >= 0.3 is 0 Å². The molecule has 2 fully saturated rings. The molecule has 0 amide bonds. The van der Waals surface area contributed by atoms with Crippen LogP contribution in [0.4, 0.5) is 5.69 Å². The summed E-state index contributed by atoms with van der Waals surface area (Å²) < 4.78 is 0. The van der Waals surface area contributed by atoms with Crippen molar-refractivity contribution in [2.24, 2.45) is 11.1 Å². The molecule has 2 aliphatic rings. The van der Waals surface area contributed by atoms with Crippen LogP contribution < -0.4 is 10.6 Å². The second kappa shape index (κ2) is 5.34. The van der Waals surface area contributed by atoms with Crippen LogP contribution in [0, 0.1) is 5.41 Å². The zero-order chi connectivity index (χ0) is 13.3. The van der Waals surface area contributed by atoms with E-state index in [1.165, 1.54) is 44.2 Å². The summed E-state index contributed by atoms with van der Waals surface area (Å²) in [5, 5.41) is 0.807. The fourth-order valence-corrected chi connectivity index (χ4v) is 4.14. The van der Waals surface area contributed by atoms with Crippen molar-refractivity contribution in [1.82, 2.24) is 0 Å². The van der Waals surface area contributed by atoms with Crippen LogP contribution in [0.25, 0.3) is 0 Å². The Kier molecular flexibility index (Phi) is 3.72. The lowest BCUT2D eigenvalue weighted by Gasteiger charge is -2.41. The minimum atomic E-state index is 0.524. The van der Waals surface area contributed by atoms with Crippen LogP contribution in [0.2, 0.25) is 5.02 Å². The van der Waals surface area contributed by atoms with Crippen LogP contribution in [0.15, 0.2) is 18.2 Å². The molecule has 0 unspecified atom stereocenters. The van der Waals surface area contributed by atoms with E-state index in [0.29, 0.717) is 12.0 Å². The highest BCUT2D eigenvalue weighted by Crippen LogP contribution is 2.47. The molecule has 1 heterocycles. The Bertz CT molecular complexity index is 442. The second-order valence-electron chi connectivity index (χ2n) is 6.14. The summed E-state index contributed by atoms with van der Waals surface area (Å²) in [6.45, 7) is 2.84. The molecular formula is C16H23ClN2. The number of anilines is 1. The topological polar surface area (TPSA) is 29.3 Å². The molecule has 3 rings (SSSR count). The van der Waals surface area contributed by atoms with Crippen LogP contribution in [0.3, 0.4) is 0 Å². The predicted molar refractivity (Wildman–Crippen MR) is 81.7 cm³/mol. The van der Waals surface area contributed by atoms with Gasteiger partial charge in [0.25, 0.3) is 0 Å². The number of rotatable bonds is 2. The number of piperidine rings is 1. The Balaban J connectivity index is 1.76. The molecule has 0 atom stereocenters. The standard InChI is InChI=1S/C16H23ClN2/c17-14-4-3-5-15(13(14)12-18)19-10-8-16(9-11-19)6-1-2-7-16/h3-5H,1-2,6-12,18H2. The summed E-state index contributed by atoms with van der Waals surface area (Å²) in [6, 6.07) is 6.15. The Labute approximate surface area is 120 Å². The van der Waals surface area contributed by atoms with E-state index >= 15 is 0 Å². The number of hydrogen-bond acceptors (Lipinski definition) is 2. The van der Waals surface area contributed by atoms with Gasteiger partial charge in [0, 0.05) is 35.9 Å². The second-order valence-corrected chi connectivity index (χ2v) is 6.54. The van der Waals surface area contributed by atoms with E-state index in [4.69, 9.17) is 17.3 Å². The maximum Gasteiger partial charge on any atom is 0.0471 e. The molecule has 2 nitrogen and oxygen atoms in total. The highest BCUT2D eigenvalue weighted by atomic mass is 35.5. The number of hydrogen-bond donors (Lipinski definition) is 1. The lowest BCUT2D eigenvalue weighted by atomic mass is 9.77. The smallest absolute Gasteiger partial charge is 0.0471 e. The summed E-state index contributed by atoms with van der Waals surface area (Å²) in [5.74, 6) is 0. The van der Waals surface area contributed by atoms with Gasteiger partial charge in [0.05, 0.1) is 0 Å². The first-order chi connectivity index (χ1) is 9.24. The third-order valence-corrected chi connectivity index (χ3v) is 5.48. The van der Waals surface area contributed by atoms with Crippen molar-refractivity contribution in [3.05, 3.63) is 28.8 Å². The number of halogens is 1. The van der Waals surface area contributed by atoms with Crippen molar-refractivity contribution in [2.75, 3.05) is 18.0 Å². The maximum absolute atomic E-state index is 6.26. The lowest BCUT2D eigenvalue weighted by molar-refractivity contribution is 0.226. The monoisotopic (exact) mass is 278 g/mol. The first-order valence-corrected chi connectivity index (χ1v) is 7.84. The van der Waals surface area contributed by atoms with Gasteiger partial charge in [-0.25, -0.2) is 0 Å². The summed E-state index contributed by atoms with van der Waals surface area (Å²) in [4.78, 5) is 2.48. The Hall–Kier alpha value is -0.730. The molecule has 0 radical (unpaired) electrons. The zero-order valence-electron chi connectivity index (χ0n) is 11.5. The fraction of sp³-hybridized carbons (Fsp3) is 0.625. The third-order valence-electron chi connectivity index (χ3n) is 5.13. The van der Waals surface area contributed by atoms with Crippen molar-refractivity contribution < 1.29 is 0 Å². The lowest BCUT2D eigenvalue weighted by Crippen LogP contribution is -2.39. The zero-order valence-corrected chi connectivity index (χ0v) is 12.3. The van der Waals surface area contributed by atoms with Crippen LogP contribution in [0.1, 0.15) is 44.1 Å². The van der Waals surface area contributed by atoms with E-state index in [9.17, 15) is 0 Å². The maximum atomic E-state index is 6.26.